The Labute approximate surface area is 228 Å². The first-order valence-electron chi connectivity index (χ1n) is 12.3. The molecule has 1 amide bonds. The molecule has 9 nitrogen and oxygen atoms in total. The van der Waals surface area contributed by atoms with Crippen molar-refractivity contribution in [2.75, 3.05) is 44.1 Å². The fourth-order valence-electron chi connectivity index (χ4n) is 3.73. The summed E-state index contributed by atoms with van der Waals surface area (Å²) in [4.78, 5) is 23.4. The van der Waals surface area contributed by atoms with Gasteiger partial charge in [-0.25, -0.2) is 18.4 Å². The molecule has 0 aliphatic heterocycles. The van der Waals surface area contributed by atoms with Gasteiger partial charge in [0.25, 0.3) is 0 Å². The molecule has 0 fully saturated rings. The van der Waals surface area contributed by atoms with E-state index in [4.69, 9.17) is 4.74 Å². The Morgan fingerprint density at radius 3 is 2.21 bits per heavy atom. The number of carbonyl (C=O) groups excluding carboxylic acids is 1. The third-order valence-electron chi connectivity index (χ3n) is 5.92. The van der Waals surface area contributed by atoms with E-state index in [1.165, 1.54) is 0 Å². The van der Waals surface area contributed by atoms with Crippen molar-refractivity contribution in [1.29, 1.82) is 0 Å². The third kappa shape index (κ3) is 7.86. The first-order valence-corrected chi connectivity index (χ1v) is 14.0. The number of hydrogen-bond donors (Lipinski definition) is 2. The highest BCUT2D eigenvalue weighted by molar-refractivity contribution is 7.91. The number of carbonyl (C=O) groups is 1. The van der Waals surface area contributed by atoms with Crippen molar-refractivity contribution in [3.05, 3.63) is 90.6 Å². The van der Waals surface area contributed by atoms with E-state index in [1.807, 2.05) is 67.5 Å². The minimum atomic E-state index is -3.35. The molecule has 3 aromatic carbocycles. The van der Waals surface area contributed by atoms with Gasteiger partial charge >= 0.3 is 0 Å². The molecule has 4 rings (SSSR count). The average Bonchev–Trinajstić information content (AvgIpc) is 2.93. The Kier molecular flexibility index (Phi) is 8.90. The third-order valence-corrected chi connectivity index (χ3v) is 7.63. The lowest BCUT2D eigenvalue weighted by atomic mass is 10.1. The van der Waals surface area contributed by atoms with Gasteiger partial charge in [0.05, 0.1) is 29.9 Å². The summed E-state index contributed by atoms with van der Waals surface area (Å²) in [6.45, 7) is 0.458. The molecule has 2 N–H and O–H groups in total. The lowest BCUT2D eigenvalue weighted by molar-refractivity contribution is -0.115. The fraction of sp³-hybridized carbons (Fsp3) is 0.207. The van der Waals surface area contributed by atoms with Gasteiger partial charge in [-0.05, 0) is 74.3 Å². The number of amides is 1. The van der Waals surface area contributed by atoms with Gasteiger partial charge in [0.1, 0.15) is 5.75 Å². The molecular formula is C29H31N5O4S. The highest BCUT2D eigenvalue weighted by atomic mass is 32.2. The standard InChI is InChI=1S/C29H31N5O4S/c1-34(2)18-19-39(36,37)26-14-10-24(11-15-26)32-29-30-17-16-27(33-29)22-6-8-23(9-7-22)31-28(35)20-21-4-12-25(38-3)13-5-21/h4-17H,18-20H2,1-3H3,(H,31,35)(H,30,32,33). The first-order chi connectivity index (χ1) is 18.7. The quantitative estimate of drug-likeness (QED) is 0.285. The molecule has 1 heterocycles. The van der Waals surface area contributed by atoms with E-state index in [0.717, 1.165) is 16.9 Å². The number of nitrogens with zero attached hydrogens (tertiary/aromatic N) is 3. The molecule has 10 heteroatoms. The number of aromatic nitrogens is 2. The predicted octanol–water partition coefficient (Wildman–Crippen LogP) is 4.41. The van der Waals surface area contributed by atoms with Crippen molar-refractivity contribution in [2.24, 2.45) is 0 Å². The number of anilines is 3. The second-order valence-electron chi connectivity index (χ2n) is 9.19. The summed E-state index contributed by atoms with van der Waals surface area (Å²) in [5.74, 6) is 1.08. The van der Waals surface area contributed by atoms with Crippen LogP contribution in [0, 0.1) is 0 Å². The molecule has 0 atom stereocenters. The predicted molar refractivity (Wildman–Crippen MR) is 153 cm³/mol. The summed E-state index contributed by atoms with van der Waals surface area (Å²) in [7, 11) is 1.94. The summed E-state index contributed by atoms with van der Waals surface area (Å²) in [6, 6.07) is 23.1. The van der Waals surface area contributed by atoms with E-state index >= 15 is 0 Å². The van der Waals surface area contributed by atoms with Crippen LogP contribution in [-0.4, -0.2) is 62.7 Å². The summed E-state index contributed by atoms with van der Waals surface area (Å²) >= 11 is 0. The van der Waals surface area contributed by atoms with E-state index in [1.54, 1.807) is 43.6 Å². The summed E-state index contributed by atoms with van der Waals surface area (Å²) in [6.07, 6.45) is 1.91. The molecule has 4 aromatic rings. The second kappa shape index (κ2) is 12.5. The van der Waals surface area contributed by atoms with E-state index in [0.29, 0.717) is 29.6 Å². The van der Waals surface area contributed by atoms with Crippen LogP contribution in [0.5, 0.6) is 5.75 Å². The molecule has 1 aromatic heterocycles. The molecule has 202 valence electrons. The average molecular weight is 546 g/mol. The normalized spacial score (nSPS) is 11.3. The smallest absolute Gasteiger partial charge is 0.228 e. The van der Waals surface area contributed by atoms with E-state index in [9.17, 15) is 13.2 Å². The van der Waals surface area contributed by atoms with Crippen LogP contribution < -0.4 is 15.4 Å². The van der Waals surface area contributed by atoms with Gasteiger partial charge in [-0.3, -0.25) is 4.79 Å². The number of methoxy groups -OCH3 is 1. The maximum atomic E-state index is 12.5. The molecule has 0 radical (unpaired) electrons. The lowest BCUT2D eigenvalue weighted by Crippen LogP contribution is -2.21. The molecule has 0 saturated carbocycles. The van der Waals surface area contributed by atoms with Crippen molar-refractivity contribution in [3.8, 4) is 17.0 Å². The van der Waals surface area contributed by atoms with E-state index in [2.05, 4.69) is 20.6 Å². The van der Waals surface area contributed by atoms with Crippen LogP contribution in [0.25, 0.3) is 11.3 Å². The molecule has 0 spiro atoms. The summed E-state index contributed by atoms with van der Waals surface area (Å²) in [5.41, 5.74) is 3.81. The number of hydrogen-bond acceptors (Lipinski definition) is 8. The van der Waals surface area contributed by atoms with Gasteiger partial charge in [-0.2, -0.15) is 0 Å². The highest BCUT2D eigenvalue weighted by Gasteiger charge is 2.14. The second-order valence-corrected chi connectivity index (χ2v) is 11.3. The van der Waals surface area contributed by atoms with Crippen LogP contribution in [0.2, 0.25) is 0 Å². The summed E-state index contributed by atoms with van der Waals surface area (Å²) in [5, 5.41) is 6.03. The first kappa shape index (κ1) is 27.7. The molecule has 39 heavy (non-hydrogen) atoms. The Hall–Kier alpha value is -4.28. The maximum Gasteiger partial charge on any atom is 0.228 e. The monoisotopic (exact) mass is 545 g/mol. The lowest BCUT2D eigenvalue weighted by Gasteiger charge is -2.11. The van der Waals surface area contributed by atoms with Crippen LogP contribution in [0.3, 0.4) is 0 Å². The van der Waals surface area contributed by atoms with Crippen molar-refractivity contribution >= 4 is 33.1 Å². The Morgan fingerprint density at radius 2 is 1.56 bits per heavy atom. The number of sulfone groups is 1. The van der Waals surface area contributed by atoms with Crippen molar-refractivity contribution < 1.29 is 17.9 Å². The number of benzene rings is 3. The van der Waals surface area contributed by atoms with Gasteiger partial charge in [-0.1, -0.05) is 24.3 Å². The molecule has 0 bridgehead atoms. The van der Waals surface area contributed by atoms with E-state index < -0.39 is 9.84 Å². The number of nitrogens with one attached hydrogen (secondary N) is 2. The summed E-state index contributed by atoms with van der Waals surface area (Å²) < 4.78 is 30.1. The van der Waals surface area contributed by atoms with Crippen LogP contribution >= 0.6 is 0 Å². The van der Waals surface area contributed by atoms with Gasteiger partial charge in [0, 0.05) is 29.7 Å². The Morgan fingerprint density at radius 1 is 0.897 bits per heavy atom. The Bertz CT molecular complexity index is 1510. The molecule has 0 aliphatic carbocycles. The van der Waals surface area contributed by atoms with Crippen molar-refractivity contribution in [2.45, 2.75) is 11.3 Å². The van der Waals surface area contributed by atoms with Crippen LogP contribution in [0.4, 0.5) is 17.3 Å². The largest absolute Gasteiger partial charge is 0.497 e. The minimum Gasteiger partial charge on any atom is -0.497 e. The van der Waals surface area contributed by atoms with Gasteiger partial charge in [0.2, 0.25) is 11.9 Å². The molecule has 0 aliphatic rings. The zero-order chi connectivity index (χ0) is 27.8. The van der Waals surface area contributed by atoms with Crippen molar-refractivity contribution in [3.63, 3.8) is 0 Å². The van der Waals surface area contributed by atoms with Crippen molar-refractivity contribution in [1.82, 2.24) is 14.9 Å². The van der Waals surface area contributed by atoms with E-state index in [-0.39, 0.29) is 23.0 Å². The minimum absolute atomic E-state index is 0.0586. The van der Waals surface area contributed by atoms with Gasteiger partial charge < -0.3 is 20.3 Å². The zero-order valence-corrected chi connectivity index (χ0v) is 22.9. The highest BCUT2D eigenvalue weighted by Crippen LogP contribution is 2.23. The number of ether oxygens (including phenoxy) is 1. The van der Waals surface area contributed by atoms with Crippen LogP contribution in [-0.2, 0) is 21.1 Å². The Balaban J connectivity index is 1.37. The van der Waals surface area contributed by atoms with Crippen LogP contribution in [0.15, 0.2) is 90.0 Å². The van der Waals surface area contributed by atoms with Gasteiger partial charge in [0.15, 0.2) is 9.84 Å². The fourth-order valence-corrected chi connectivity index (χ4v) is 5.13. The molecule has 0 saturated heterocycles. The van der Waals surface area contributed by atoms with Crippen LogP contribution in [0.1, 0.15) is 5.56 Å². The van der Waals surface area contributed by atoms with Gasteiger partial charge in [-0.15, -0.1) is 0 Å². The topological polar surface area (TPSA) is 114 Å². The number of rotatable bonds is 11. The molecular weight excluding hydrogens is 514 g/mol. The maximum absolute atomic E-state index is 12.5. The molecule has 0 unspecified atom stereocenters. The zero-order valence-electron chi connectivity index (χ0n) is 22.1. The SMILES string of the molecule is COc1ccc(CC(=O)Nc2ccc(-c3ccnc(Nc4ccc(S(=O)(=O)CCN(C)C)cc4)n3)cc2)cc1.